The average Bonchev–Trinajstić information content (AvgIpc) is 2.52. The molecule has 0 saturated carbocycles. The molecule has 22 heavy (non-hydrogen) atoms. The predicted octanol–water partition coefficient (Wildman–Crippen LogP) is 2.80. The van der Waals surface area contributed by atoms with Gasteiger partial charge in [-0.1, -0.05) is 24.3 Å². The van der Waals surface area contributed by atoms with Crippen LogP contribution in [0, 0.1) is 12.7 Å². The van der Waals surface area contributed by atoms with E-state index in [0.29, 0.717) is 17.0 Å². The van der Waals surface area contributed by atoms with Crippen LogP contribution in [0.2, 0.25) is 0 Å². The molecule has 0 aliphatic carbocycles. The highest BCUT2D eigenvalue weighted by atomic mass is 19.1. The van der Waals surface area contributed by atoms with E-state index < -0.39 is 0 Å². The zero-order valence-corrected chi connectivity index (χ0v) is 12.2. The summed E-state index contributed by atoms with van der Waals surface area (Å²) in [6, 6.07) is 13.2. The minimum absolute atomic E-state index is 0.118. The van der Waals surface area contributed by atoms with Gasteiger partial charge in [0.1, 0.15) is 11.6 Å². The van der Waals surface area contributed by atoms with Gasteiger partial charge < -0.3 is 4.74 Å². The predicted molar refractivity (Wildman–Crippen MR) is 83.4 cm³/mol. The Morgan fingerprint density at radius 1 is 1.09 bits per heavy atom. The van der Waals surface area contributed by atoms with E-state index in [1.54, 1.807) is 24.3 Å². The lowest BCUT2D eigenvalue weighted by molar-refractivity contribution is -0.123. The van der Waals surface area contributed by atoms with Crippen LogP contribution in [0.1, 0.15) is 11.1 Å². The van der Waals surface area contributed by atoms with Gasteiger partial charge in [-0.05, 0) is 48.9 Å². The van der Waals surface area contributed by atoms with Crippen LogP contribution in [0.3, 0.4) is 0 Å². The van der Waals surface area contributed by atoms with Crippen molar-refractivity contribution in [1.82, 2.24) is 10.9 Å². The molecule has 0 bridgehead atoms. The molecule has 2 rings (SSSR count). The van der Waals surface area contributed by atoms with Gasteiger partial charge in [-0.2, -0.15) is 0 Å². The highest BCUT2D eigenvalue weighted by molar-refractivity contribution is 5.78. The van der Waals surface area contributed by atoms with Gasteiger partial charge in [-0.25, -0.2) is 4.39 Å². The summed E-state index contributed by atoms with van der Waals surface area (Å²) in [5.41, 5.74) is 7.40. The molecule has 1 amide bonds. The Hall–Kier alpha value is -2.82. The summed E-state index contributed by atoms with van der Waals surface area (Å²) in [7, 11) is 0. The second-order valence-corrected chi connectivity index (χ2v) is 4.76. The summed E-state index contributed by atoms with van der Waals surface area (Å²) in [6.07, 6.45) is 0. The summed E-state index contributed by atoms with van der Waals surface area (Å²) in [5, 5.41) is 0. The van der Waals surface area contributed by atoms with Crippen LogP contribution in [0.4, 0.5) is 4.39 Å². The van der Waals surface area contributed by atoms with E-state index >= 15 is 0 Å². The van der Waals surface area contributed by atoms with Crippen LogP contribution in [0.5, 0.6) is 5.75 Å². The van der Waals surface area contributed by atoms with Crippen LogP contribution in [-0.2, 0) is 4.79 Å². The van der Waals surface area contributed by atoms with E-state index in [1.165, 1.54) is 12.1 Å². The molecule has 0 unspecified atom stereocenters. The third-order valence-corrected chi connectivity index (χ3v) is 2.94. The van der Waals surface area contributed by atoms with Gasteiger partial charge in [0, 0.05) is 0 Å². The molecular weight excluding hydrogens is 283 g/mol. The lowest BCUT2D eigenvalue weighted by atomic mass is 10.2. The van der Waals surface area contributed by atoms with E-state index in [-0.39, 0.29) is 18.3 Å². The highest BCUT2D eigenvalue weighted by Crippen LogP contribution is 2.11. The van der Waals surface area contributed by atoms with E-state index in [9.17, 15) is 9.18 Å². The largest absolute Gasteiger partial charge is 0.484 e. The third-order valence-electron chi connectivity index (χ3n) is 2.94. The van der Waals surface area contributed by atoms with Crippen molar-refractivity contribution in [2.75, 3.05) is 6.61 Å². The Balaban J connectivity index is 1.76. The van der Waals surface area contributed by atoms with Crippen LogP contribution in [0.25, 0.3) is 5.70 Å². The molecule has 0 heterocycles. The SMILES string of the molecule is C=C(NNC(=O)COc1ccc(C)cc1)c1ccc(F)cc1. The van der Waals surface area contributed by atoms with Gasteiger partial charge in [0.15, 0.2) is 6.61 Å². The minimum atomic E-state index is -0.344. The Morgan fingerprint density at radius 3 is 2.36 bits per heavy atom. The lowest BCUT2D eigenvalue weighted by Gasteiger charge is -2.12. The maximum atomic E-state index is 12.8. The molecule has 0 atom stereocenters. The topological polar surface area (TPSA) is 50.4 Å². The van der Waals surface area contributed by atoms with Crippen molar-refractivity contribution in [3.05, 3.63) is 72.1 Å². The first-order chi connectivity index (χ1) is 10.5. The number of hydrogen-bond acceptors (Lipinski definition) is 3. The Morgan fingerprint density at radius 2 is 1.73 bits per heavy atom. The molecule has 4 nitrogen and oxygen atoms in total. The number of benzene rings is 2. The maximum Gasteiger partial charge on any atom is 0.276 e. The van der Waals surface area contributed by atoms with Gasteiger partial charge in [0.2, 0.25) is 0 Å². The van der Waals surface area contributed by atoms with Crippen molar-refractivity contribution in [3.8, 4) is 5.75 Å². The standard InChI is InChI=1S/C17H17FN2O2/c1-12-3-9-16(10-4-12)22-11-17(21)20-19-13(2)14-5-7-15(18)8-6-14/h3-10,19H,2,11H2,1H3,(H,20,21). The number of ether oxygens (including phenoxy) is 1. The molecule has 2 aromatic rings. The number of halogens is 1. The Kier molecular flexibility index (Phi) is 5.14. The number of hydrogen-bond donors (Lipinski definition) is 2. The van der Waals surface area contributed by atoms with Crippen LogP contribution in [0.15, 0.2) is 55.1 Å². The molecule has 0 aromatic heterocycles. The number of hydrazine groups is 1. The Labute approximate surface area is 128 Å². The number of amides is 1. The molecule has 0 aliphatic heterocycles. The second-order valence-electron chi connectivity index (χ2n) is 4.76. The summed E-state index contributed by atoms with van der Waals surface area (Å²) >= 11 is 0. The molecule has 0 radical (unpaired) electrons. The van der Waals surface area contributed by atoms with E-state index in [0.717, 1.165) is 5.56 Å². The van der Waals surface area contributed by atoms with E-state index in [4.69, 9.17) is 4.74 Å². The molecule has 0 fully saturated rings. The van der Waals surface area contributed by atoms with Crippen LogP contribution < -0.4 is 15.6 Å². The van der Waals surface area contributed by atoms with Crippen molar-refractivity contribution < 1.29 is 13.9 Å². The zero-order chi connectivity index (χ0) is 15.9. The van der Waals surface area contributed by atoms with Gasteiger partial charge in [-0.15, -0.1) is 0 Å². The van der Waals surface area contributed by atoms with Crippen molar-refractivity contribution in [2.45, 2.75) is 6.92 Å². The smallest absolute Gasteiger partial charge is 0.276 e. The molecular formula is C17H17FN2O2. The summed E-state index contributed by atoms with van der Waals surface area (Å²) < 4.78 is 18.2. The molecule has 114 valence electrons. The highest BCUT2D eigenvalue weighted by Gasteiger charge is 2.04. The monoisotopic (exact) mass is 300 g/mol. The van der Waals surface area contributed by atoms with Gasteiger partial charge in [0.05, 0.1) is 5.70 Å². The second kappa shape index (κ2) is 7.26. The van der Waals surface area contributed by atoms with Crippen molar-refractivity contribution in [3.63, 3.8) is 0 Å². The number of nitrogens with one attached hydrogen (secondary N) is 2. The first-order valence-electron chi connectivity index (χ1n) is 6.74. The molecule has 2 aromatic carbocycles. The quantitative estimate of drug-likeness (QED) is 0.807. The van der Waals surface area contributed by atoms with E-state index in [2.05, 4.69) is 17.4 Å². The lowest BCUT2D eigenvalue weighted by Crippen LogP contribution is -2.38. The molecule has 2 N–H and O–H groups in total. The first kappa shape index (κ1) is 15.6. The van der Waals surface area contributed by atoms with Crippen molar-refractivity contribution in [1.29, 1.82) is 0 Å². The average molecular weight is 300 g/mol. The molecule has 0 saturated heterocycles. The summed E-state index contributed by atoms with van der Waals surface area (Å²) in [5.74, 6) is -0.0472. The summed E-state index contributed by atoms with van der Waals surface area (Å²) in [6.45, 7) is 5.62. The fraction of sp³-hybridized carbons (Fsp3) is 0.118. The summed E-state index contributed by atoms with van der Waals surface area (Å²) in [4.78, 5) is 11.7. The van der Waals surface area contributed by atoms with Gasteiger partial charge in [-0.3, -0.25) is 15.6 Å². The minimum Gasteiger partial charge on any atom is -0.484 e. The maximum absolute atomic E-state index is 12.8. The fourth-order valence-electron chi connectivity index (χ4n) is 1.69. The van der Waals surface area contributed by atoms with Gasteiger partial charge >= 0.3 is 0 Å². The molecule has 5 heteroatoms. The number of rotatable bonds is 6. The number of carbonyl (C=O) groups is 1. The first-order valence-corrected chi connectivity index (χ1v) is 6.74. The van der Waals surface area contributed by atoms with Crippen molar-refractivity contribution in [2.24, 2.45) is 0 Å². The Bertz CT molecular complexity index is 651. The fourth-order valence-corrected chi connectivity index (χ4v) is 1.69. The van der Waals surface area contributed by atoms with E-state index in [1.807, 2.05) is 19.1 Å². The normalized spacial score (nSPS) is 9.91. The van der Waals surface area contributed by atoms with Crippen LogP contribution in [-0.4, -0.2) is 12.5 Å². The van der Waals surface area contributed by atoms with Crippen LogP contribution >= 0.6 is 0 Å². The third kappa shape index (κ3) is 4.63. The number of carbonyl (C=O) groups excluding carboxylic acids is 1. The van der Waals surface area contributed by atoms with Crippen molar-refractivity contribution >= 4 is 11.6 Å². The number of aryl methyl sites for hydroxylation is 1. The molecule has 0 aliphatic rings. The van der Waals surface area contributed by atoms with Gasteiger partial charge in [0.25, 0.3) is 5.91 Å². The molecule has 0 spiro atoms. The zero-order valence-electron chi connectivity index (χ0n) is 12.2.